The Balaban J connectivity index is 1.84. The molecule has 4 rings (SSSR count). The molecule has 1 N–H and O–H groups in total. The van der Waals surface area contributed by atoms with Crippen molar-refractivity contribution in [2.24, 2.45) is 0 Å². The Morgan fingerprint density at radius 1 is 1.00 bits per heavy atom. The van der Waals surface area contributed by atoms with Crippen LogP contribution in [0.5, 0.6) is 6.01 Å². The first-order valence-corrected chi connectivity index (χ1v) is 8.93. The van der Waals surface area contributed by atoms with Crippen molar-refractivity contribution in [2.75, 3.05) is 0 Å². The van der Waals surface area contributed by atoms with Crippen molar-refractivity contribution in [1.29, 1.82) is 0 Å². The number of benzene rings is 3. The molecule has 0 aliphatic heterocycles. The first kappa shape index (κ1) is 19.5. The van der Waals surface area contributed by atoms with Crippen molar-refractivity contribution in [2.45, 2.75) is 12.8 Å². The number of hydrogen-bond donors (Lipinski definition) is 1. The van der Waals surface area contributed by atoms with Crippen LogP contribution in [0.4, 0.5) is 13.2 Å². The van der Waals surface area contributed by atoms with Gasteiger partial charge in [-0.25, -0.2) is 4.79 Å². The number of aromatic nitrogens is 2. The molecule has 8 heteroatoms. The number of alkyl halides is 3. The Labute approximate surface area is 169 Å². The van der Waals surface area contributed by atoms with Crippen molar-refractivity contribution in [3.8, 4) is 11.7 Å². The van der Waals surface area contributed by atoms with Crippen molar-refractivity contribution in [3.05, 3.63) is 89.5 Å². The van der Waals surface area contributed by atoms with E-state index >= 15 is 0 Å². The Hall–Kier alpha value is -3.81. The maximum atomic E-state index is 13.1. The zero-order valence-electron chi connectivity index (χ0n) is 15.4. The summed E-state index contributed by atoms with van der Waals surface area (Å²) in [4.78, 5) is 15.6. The second-order valence-electron chi connectivity index (χ2n) is 6.56. The summed E-state index contributed by atoms with van der Waals surface area (Å²) in [6.07, 6.45) is -4.51. The summed E-state index contributed by atoms with van der Waals surface area (Å²) in [6, 6.07) is 18.5. The molecule has 152 valence electrons. The van der Waals surface area contributed by atoms with Gasteiger partial charge in [0.1, 0.15) is 6.61 Å². The third-order valence-corrected chi connectivity index (χ3v) is 4.51. The average molecular weight is 412 g/mol. The van der Waals surface area contributed by atoms with Gasteiger partial charge in [-0.15, -0.1) is 0 Å². The molecule has 0 radical (unpaired) electrons. The van der Waals surface area contributed by atoms with Gasteiger partial charge in [0.2, 0.25) is 0 Å². The summed E-state index contributed by atoms with van der Waals surface area (Å²) in [5, 5.41) is 9.29. The van der Waals surface area contributed by atoms with E-state index in [1.807, 2.05) is 30.3 Å². The van der Waals surface area contributed by atoms with Crippen LogP contribution in [0.3, 0.4) is 0 Å². The fraction of sp³-hybridized carbons (Fsp3) is 0.0909. The molecule has 0 spiro atoms. The molecule has 0 saturated heterocycles. The highest BCUT2D eigenvalue weighted by Crippen LogP contribution is 2.34. The molecule has 5 nitrogen and oxygen atoms in total. The van der Waals surface area contributed by atoms with Crippen LogP contribution in [0.1, 0.15) is 21.5 Å². The summed E-state index contributed by atoms with van der Waals surface area (Å²) in [5.41, 5.74) is 0.942. The number of carboxylic acid groups (broad SMARTS) is 1. The van der Waals surface area contributed by atoms with Crippen molar-refractivity contribution in [1.82, 2.24) is 9.55 Å². The molecule has 0 bridgehead atoms. The van der Waals surface area contributed by atoms with E-state index in [0.29, 0.717) is 11.2 Å². The molecule has 0 atom stereocenters. The number of hydrogen-bond acceptors (Lipinski definition) is 3. The van der Waals surface area contributed by atoms with Gasteiger partial charge in [-0.3, -0.25) is 4.57 Å². The molecular formula is C22H15F3N2O3. The van der Waals surface area contributed by atoms with Gasteiger partial charge in [0.25, 0.3) is 0 Å². The summed E-state index contributed by atoms with van der Waals surface area (Å²) in [7, 11) is 0. The number of aromatic carboxylic acids is 1. The van der Waals surface area contributed by atoms with Crippen LogP contribution in [-0.2, 0) is 12.8 Å². The standard InChI is InChI=1S/C22H15F3N2O3/c23-22(24,25)16-9-10-19-18(12-16)26-21(30-13-14-5-2-1-3-6-14)27(19)17-8-4-7-15(11-17)20(28)29/h1-12H,13H2,(H,28,29). The topological polar surface area (TPSA) is 64.3 Å². The molecule has 4 aromatic rings. The number of halogens is 3. The number of nitrogens with zero attached hydrogens (tertiary/aromatic N) is 2. The van der Waals surface area contributed by atoms with E-state index in [0.717, 1.165) is 17.7 Å². The van der Waals surface area contributed by atoms with Gasteiger partial charge < -0.3 is 9.84 Å². The van der Waals surface area contributed by atoms with Crippen molar-refractivity contribution in [3.63, 3.8) is 0 Å². The second-order valence-corrected chi connectivity index (χ2v) is 6.56. The molecule has 1 aromatic heterocycles. The third kappa shape index (κ3) is 3.84. The summed E-state index contributed by atoms with van der Waals surface area (Å²) < 4.78 is 46.7. The van der Waals surface area contributed by atoms with Crippen LogP contribution >= 0.6 is 0 Å². The van der Waals surface area contributed by atoms with E-state index in [9.17, 15) is 23.1 Å². The van der Waals surface area contributed by atoms with Crippen LogP contribution in [0, 0.1) is 0 Å². The van der Waals surface area contributed by atoms with Crippen LogP contribution in [-0.4, -0.2) is 20.6 Å². The normalized spacial score (nSPS) is 11.6. The highest BCUT2D eigenvalue weighted by atomic mass is 19.4. The lowest BCUT2D eigenvalue weighted by molar-refractivity contribution is -0.137. The van der Waals surface area contributed by atoms with Gasteiger partial charge in [-0.1, -0.05) is 36.4 Å². The van der Waals surface area contributed by atoms with Gasteiger partial charge in [-0.05, 0) is 42.0 Å². The Bertz CT molecular complexity index is 1220. The SMILES string of the molecule is O=C(O)c1cccc(-n2c(OCc3ccccc3)nc3cc(C(F)(F)F)ccc32)c1. The quantitative estimate of drug-likeness (QED) is 0.482. The highest BCUT2D eigenvalue weighted by molar-refractivity contribution is 5.89. The minimum Gasteiger partial charge on any atom is -0.478 e. The lowest BCUT2D eigenvalue weighted by atomic mass is 10.1. The fourth-order valence-electron chi connectivity index (χ4n) is 3.08. The molecule has 30 heavy (non-hydrogen) atoms. The second kappa shape index (κ2) is 7.55. The predicted octanol–water partition coefficient (Wildman–Crippen LogP) is 5.32. The largest absolute Gasteiger partial charge is 0.478 e. The lowest BCUT2D eigenvalue weighted by Crippen LogP contribution is -2.05. The zero-order valence-corrected chi connectivity index (χ0v) is 15.4. The molecule has 0 aliphatic rings. The van der Waals surface area contributed by atoms with Crippen LogP contribution in [0.2, 0.25) is 0 Å². The fourth-order valence-corrected chi connectivity index (χ4v) is 3.08. The number of fused-ring (bicyclic) bond motifs is 1. The van der Waals surface area contributed by atoms with E-state index in [1.54, 1.807) is 12.1 Å². The number of imidazole rings is 1. The first-order chi connectivity index (χ1) is 14.3. The van der Waals surface area contributed by atoms with E-state index < -0.39 is 17.7 Å². The van der Waals surface area contributed by atoms with Gasteiger partial charge in [0.15, 0.2) is 0 Å². The molecule has 1 heterocycles. The van der Waals surface area contributed by atoms with Crippen molar-refractivity contribution < 1.29 is 27.8 Å². The van der Waals surface area contributed by atoms with E-state index in [-0.39, 0.29) is 23.7 Å². The van der Waals surface area contributed by atoms with Crippen molar-refractivity contribution >= 4 is 17.0 Å². The minimum atomic E-state index is -4.51. The smallest absolute Gasteiger partial charge is 0.416 e. The predicted molar refractivity (Wildman–Crippen MR) is 104 cm³/mol. The van der Waals surface area contributed by atoms with E-state index in [2.05, 4.69) is 4.98 Å². The maximum absolute atomic E-state index is 13.1. The van der Waals surface area contributed by atoms with Crippen LogP contribution < -0.4 is 4.74 Å². The van der Waals surface area contributed by atoms with Crippen LogP contribution in [0.15, 0.2) is 72.8 Å². The Morgan fingerprint density at radius 2 is 1.77 bits per heavy atom. The number of ether oxygens (including phenoxy) is 1. The molecule has 0 fully saturated rings. The van der Waals surface area contributed by atoms with Crippen LogP contribution in [0.25, 0.3) is 16.7 Å². The van der Waals surface area contributed by atoms with E-state index in [1.165, 1.54) is 22.8 Å². The zero-order chi connectivity index (χ0) is 21.3. The summed E-state index contributed by atoms with van der Waals surface area (Å²) in [6.45, 7) is 0.148. The van der Waals surface area contributed by atoms with Gasteiger partial charge in [-0.2, -0.15) is 18.2 Å². The minimum absolute atomic E-state index is 0.0373. The van der Waals surface area contributed by atoms with Gasteiger partial charge in [0.05, 0.1) is 27.8 Å². The van der Waals surface area contributed by atoms with Gasteiger partial charge in [0, 0.05) is 0 Å². The molecule has 0 amide bonds. The molecule has 3 aromatic carbocycles. The number of carboxylic acids is 1. The monoisotopic (exact) mass is 412 g/mol. The Morgan fingerprint density at radius 3 is 2.47 bits per heavy atom. The highest BCUT2D eigenvalue weighted by Gasteiger charge is 2.31. The maximum Gasteiger partial charge on any atom is 0.416 e. The molecule has 0 saturated carbocycles. The number of carbonyl (C=O) groups is 1. The van der Waals surface area contributed by atoms with E-state index in [4.69, 9.17) is 4.74 Å². The molecule has 0 aliphatic carbocycles. The Kier molecular flexibility index (Phi) is 4.91. The van der Waals surface area contributed by atoms with Gasteiger partial charge >= 0.3 is 18.2 Å². The number of rotatable bonds is 5. The first-order valence-electron chi connectivity index (χ1n) is 8.93. The average Bonchev–Trinajstić information content (AvgIpc) is 3.10. The molecule has 0 unspecified atom stereocenters. The summed E-state index contributed by atoms with van der Waals surface area (Å²) >= 11 is 0. The molecular weight excluding hydrogens is 397 g/mol. The lowest BCUT2D eigenvalue weighted by Gasteiger charge is -2.11. The summed E-state index contributed by atoms with van der Waals surface area (Å²) in [5.74, 6) is -1.12. The third-order valence-electron chi connectivity index (χ3n) is 4.51.